The van der Waals surface area contributed by atoms with Gasteiger partial charge in [-0.3, -0.25) is 9.78 Å². The molecule has 0 saturated carbocycles. The van der Waals surface area contributed by atoms with Crippen molar-refractivity contribution in [2.24, 2.45) is 0 Å². The van der Waals surface area contributed by atoms with Crippen LogP contribution in [0, 0.1) is 6.92 Å². The first kappa shape index (κ1) is 21.0. The molecule has 4 rings (SSSR count). The van der Waals surface area contributed by atoms with Gasteiger partial charge in [-0.1, -0.05) is 12.1 Å². The highest BCUT2D eigenvalue weighted by Gasteiger charge is 2.27. The van der Waals surface area contributed by atoms with E-state index in [4.69, 9.17) is 9.72 Å². The first-order chi connectivity index (χ1) is 14.9. The first-order valence-electron chi connectivity index (χ1n) is 10.2. The Morgan fingerprint density at radius 3 is 2.58 bits per heavy atom. The molecule has 3 heterocycles. The number of nitrogens with zero attached hydrogens (tertiary/aromatic N) is 4. The highest BCUT2D eigenvalue weighted by atomic mass is 19.3. The van der Waals surface area contributed by atoms with E-state index in [1.54, 1.807) is 12.0 Å². The van der Waals surface area contributed by atoms with Gasteiger partial charge in [0.1, 0.15) is 5.75 Å². The van der Waals surface area contributed by atoms with Crippen LogP contribution in [0.5, 0.6) is 5.75 Å². The largest absolute Gasteiger partial charge is 0.497 e. The second-order valence-corrected chi connectivity index (χ2v) is 7.68. The Balaban J connectivity index is 1.47. The van der Waals surface area contributed by atoms with E-state index in [9.17, 15) is 13.6 Å². The predicted octanol–water partition coefficient (Wildman–Crippen LogP) is 4.68. The minimum absolute atomic E-state index is 0.0488. The fourth-order valence-corrected chi connectivity index (χ4v) is 3.97. The van der Waals surface area contributed by atoms with Gasteiger partial charge in [0, 0.05) is 36.6 Å². The number of aromatic nitrogens is 3. The van der Waals surface area contributed by atoms with Crippen molar-refractivity contribution in [2.75, 3.05) is 20.2 Å². The lowest BCUT2D eigenvalue weighted by atomic mass is 9.91. The summed E-state index contributed by atoms with van der Waals surface area (Å²) in [6.45, 7) is 0.300. The maximum atomic E-state index is 12.7. The Morgan fingerprint density at radius 1 is 1.13 bits per heavy atom. The maximum absolute atomic E-state index is 12.7. The molecule has 0 N–H and O–H groups in total. The number of methoxy groups -OCH3 is 1. The van der Waals surface area contributed by atoms with Gasteiger partial charge in [-0.25, -0.2) is 4.68 Å². The number of likely N-dealkylation sites (tertiary alicyclic amines) is 1. The summed E-state index contributed by atoms with van der Waals surface area (Å²) in [6.07, 6.45) is 2.64. The summed E-state index contributed by atoms with van der Waals surface area (Å²) in [6, 6.07) is 13.4. The summed E-state index contributed by atoms with van der Waals surface area (Å²) in [7, 11) is 1.65. The van der Waals surface area contributed by atoms with Crippen molar-refractivity contribution < 1.29 is 18.3 Å². The summed E-state index contributed by atoms with van der Waals surface area (Å²) in [5.41, 5.74) is 4.14. The molecule has 0 atom stereocenters. The number of pyridine rings is 1. The summed E-state index contributed by atoms with van der Waals surface area (Å²) in [5, 5.41) is 3.69. The van der Waals surface area contributed by atoms with E-state index in [0.717, 1.165) is 47.3 Å². The number of carbonyl (C=O) groups is 1. The molecule has 2 aromatic heterocycles. The molecule has 0 aliphatic carbocycles. The predicted molar refractivity (Wildman–Crippen MR) is 112 cm³/mol. The molecule has 6 nitrogen and oxygen atoms in total. The number of hydrogen-bond donors (Lipinski definition) is 0. The number of benzene rings is 1. The molecule has 8 heteroatoms. The molecular formula is C23H24F2N4O2. The summed E-state index contributed by atoms with van der Waals surface area (Å²) < 4.78 is 31.3. The van der Waals surface area contributed by atoms with Gasteiger partial charge in [0.25, 0.3) is 5.91 Å². The van der Waals surface area contributed by atoms with Crippen LogP contribution in [0.1, 0.15) is 47.2 Å². The fraction of sp³-hybridized carbons (Fsp3) is 0.348. The van der Waals surface area contributed by atoms with E-state index in [0.29, 0.717) is 17.8 Å². The molecule has 1 aromatic carbocycles. The summed E-state index contributed by atoms with van der Waals surface area (Å²) in [5.74, 6) is 0.716. The van der Waals surface area contributed by atoms with E-state index >= 15 is 0 Å². The molecule has 0 radical (unpaired) electrons. The zero-order valence-electron chi connectivity index (χ0n) is 17.5. The Kier molecular flexibility index (Phi) is 5.97. The van der Waals surface area contributed by atoms with Crippen LogP contribution in [0.15, 0.2) is 48.7 Å². The van der Waals surface area contributed by atoms with Crippen molar-refractivity contribution in [3.05, 3.63) is 65.7 Å². The third kappa shape index (κ3) is 4.57. The molecule has 162 valence electrons. The number of carbonyl (C=O) groups excluding carboxylic acids is 1. The van der Waals surface area contributed by atoms with Gasteiger partial charge in [-0.15, -0.1) is 0 Å². The maximum Gasteiger partial charge on any atom is 0.333 e. The molecule has 3 aromatic rings. The number of hydrogen-bond acceptors (Lipinski definition) is 4. The van der Waals surface area contributed by atoms with Crippen molar-refractivity contribution in [1.29, 1.82) is 0 Å². The zero-order chi connectivity index (χ0) is 22.0. The minimum atomic E-state index is -2.75. The van der Waals surface area contributed by atoms with Crippen molar-refractivity contribution in [1.82, 2.24) is 19.7 Å². The van der Waals surface area contributed by atoms with E-state index < -0.39 is 6.55 Å². The number of halogens is 2. The number of aryl methyl sites for hydroxylation is 1. The van der Waals surface area contributed by atoms with Crippen LogP contribution in [-0.4, -0.2) is 45.8 Å². The van der Waals surface area contributed by atoms with Gasteiger partial charge in [-0.2, -0.15) is 13.9 Å². The van der Waals surface area contributed by atoms with Gasteiger partial charge in [0.2, 0.25) is 0 Å². The molecule has 31 heavy (non-hydrogen) atoms. The average molecular weight is 426 g/mol. The summed E-state index contributed by atoms with van der Waals surface area (Å²) in [4.78, 5) is 19.0. The molecule has 0 unspecified atom stereocenters. The van der Waals surface area contributed by atoms with Crippen molar-refractivity contribution in [3.8, 4) is 16.9 Å². The van der Waals surface area contributed by atoms with Crippen LogP contribution in [0.25, 0.3) is 11.1 Å². The molecule has 1 fully saturated rings. The molecule has 0 bridgehead atoms. The highest BCUT2D eigenvalue weighted by Crippen LogP contribution is 2.32. The zero-order valence-corrected chi connectivity index (χ0v) is 17.5. The molecule has 0 spiro atoms. The third-order valence-corrected chi connectivity index (χ3v) is 5.60. The second-order valence-electron chi connectivity index (χ2n) is 7.68. The Bertz CT molecular complexity index is 1070. The second kappa shape index (κ2) is 8.83. The fourth-order valence-electron chi connectivity index (χ4n) is 3.97. The Hall–Kier alpha value is -3.29. The van der Waals surface area contributed by atoms with Crippen LogP contribution in [0.3, 0.4) is 0 Å². The quantitative estimate of drug-likeness (QED) is 0.595. The van der Waals surface area contributed by atoms with Crippen LogP contribution in [0.4, 0.5) is 8.78 Å². The first-order valence-corrected chi connectivity index (χ1v) is 10.2. The third-order valence-electron chi connectivity index (χ3n) is 5.60. The molecule has 1 aliphatic heterocycles. The lowest BCUT2D eigenvalue weighted by Crippen LogP contribution is -2.38. The number of piperidine rings is 1. The van der Waals surface area contributed by atoms with Crippen LogP contribution in [0.2, 0.25) is 0 Å². The standard InChI is InChI=1S/C23H24F2N4O2/c1-15-12-18(17-4-3-5-19(13-17)31-2)14-21(26-15)16-6-9-28(10-7-16)22(30)20-8-11-29(27-20)23(24)25/h3-5,8,11-14,16,23H,6-7,9-10H2,1-2H3. The van der Waals surface area contributed by atoms with Crippen molar-refractivity contribution in [3.63, 3.8) is 0 Å². The van der Waals surface area contributed by atoms with Gasteiger partial charge in [-0.05, 0) is 61.2 Å². The SMILES string of the molecule is COc1cccc(-c2cc(C)nc(C3CCN(C(=O)c4ccn(C(F)F)n4)CC3)c2)c1. The van der Waals surface area contributed by atoms with Gasteiger partial charge < -0.3 is 9.64 Å². The Labute approximate surface area is 179 Å². The number of alkyl halides is 2. The monoisotopic (exact) mass is 426 g/mol. The molecule has 1 amide bonds. The number of ether oxygens (including phenoxy) is 1. The Morgan fingerprint density at radius 2 is 1.90 bits per heavy atom. The van der Waals surface area contributed by atoms with Crippen molar-refractivity contribution >= 4 is 5.91 Å². The number of rotatable bonds is 5. The van der Waals surface area contributed by atoms with Crippen LogP contribution in [-0.2, 0) is 0 Å². The van der Waals surface area contributed by atoms with Crippen molar-refractivity contribution in [2.45, 2.75) is 32.2 Å². The summed E-state index contributed by atoms with van der Waals surface area (Å²) >= 11 is 0. The minimum Gasteiger partial charge on any atom is -0.497 e. The highest BCUT2D eigenvalue weighted by molar-refractivity contribution is 5.92. The van der Waals surface area contributed by atoms with Crippen LogP contribution >= 0.6 is 0 Å². The molecule has 1 aliphatic rings. The lowest BCUT2D eigenvalue weighted by Gasteiger charge is -2.31. The smallest absolute Gasteiger partial charge is 0.333 e. The normalized spacial score (nSPS) is 14.8. The van der Waals surface area contributed by atoms with E-state index in [1.165, 1.54) is 6.07 Å². The van der Waals surface area contributed by atoms with E-state index in [2.05, 4.69) is 17.2 Å². The van der Waals surface area contributed by atoms with E-state index in [1.807, 2.05) is 31.2 Å². The lowest BCUT2D eigenvalue weighted by molar-refractivity contribution is 0.0547. The topological polar surface area (TPSA) is 60.2 Å². The molecule has 1 saturated heterocycles. The van der Waals surface area contributed by atoms with E-state index in [-0.39, 0.29) is 17.5 Å². The van der Waals surface area contributed by atoms with Gasteiger partial charge >= 0.3 is 6.55 Å². The van der Waals surface area contributed by atoms with Gasteiger partial charge in [0.05, 0.1) is 7.11 Å². The molecular weight excluding hydrogens is 402 g/mol. The van der Waals surface area contributed by atoms with Gasteiger partial charge in [0.15, 0.2) is 5.69 Å². The number of amides is 1. The average Bonchev–Trinajstić information content (AvgIpc) is 3.29. The van der Waals surface area contributed by atoms with Crippen LogP contribution < -0.4 is 4.74 Å².